The Morgan fingerprint density at radius 1 is 0.892 bits per heavy atom. The number of allylic oxidation sites excluding steroid dienone is 1. The monoisotopic (exact) mass is 1150 g/mol. The molecule has 6 atom stereocenters. The predicted octanol–water partition coefficient (Wildman–Crippen LogP) is 5.19. The molecule has 1 aliphatic carbocycles. The second-order valence-electron chi connectivity index (χ2n) is 21.7. The molecule has 3 aromatic rings. The quantitative estimate of drug-likeness (QED) is 0.0179. The van der Waals surface area contributed by atoms with Crippen LogP contribution in [0.4, 0.5) is 11.4 Å². The lowest BCUT2D eigenvalue weighted by Crippen LogP contribution is -2.60. The van der Waals surface area contributed by atoms with Crippen molar-refractivity contribution in [3.8, 4) is 28.2 Å². The third-order valence-corrected chi connectivity index (χ3v) is 15.8. The van der Waals surface area contributed by atoms with Crippen molar-refractivity contribution in [3.05, 3.63) is 108 Å². The SMILES string of the molecule is CC/C=C/C(=O)N[C@@H](Cc1ccccc1)C(=O)N[C@H]1COC(=O)[C@@H]2CCCN2C(=O)[C@H](C)NC(=O)[C@H](CCCCC(=S)Nc2ccc(-c3c4ccc(=[N+](C)C)cc-4oc4cc(N(C)C)ccc34)c(OC=O)c2)N(C)C(=O)[C@@H]2CCCN2C1=O. The number of hydrogen-bond acceptors (Lipinski definition) is 13. The van der Waals surface area contributed by atoms with E-state index in [0.29, 0.717) is 72.6 Å². The van der Waals surface area contributed by atoms with Gasteiger partial charge < -0.3 is 54.8 Å². The van der Waals surface area contributed by atoms with E-state index in [-0.39, 0.29) is 44.5 Å². The van der Waals surface area contributed by atoms with Crippen molar-refractivity contribution in [2.75, 3.05) is 65.2 Å². The van der Waals surface area contributed by atoms with E-state index in [1.54, 1.807) is 36.4 Å². The number of esters is 1. The van der Waals surface area contributed by atoms with Crippen LogP contribution in [0, 0.1) is 0 Å². The molecule has 0 radical (unpaired) electrons. The van der Waals surface area contributed by atoms with Crippen LogP contribution < -0.4 is 40.8 Å². The van der Waals surface area contributed by atoms with Crippen molar-refractivity contribution < 1.29 is 52.2 Å². The van der Waals surface area contributed by atoms with Gasteiger partial charge in [0.15, 0.2) is 0 Å². The molecule has 83 heavy (non-hydrogen) atoms. The number of unbranched alkanes of at least 4 members (excludes halogenated alkanes) is 1. The number of likely N-dealkylation sites (N-methyl/N-ethyl adjacent to an activating group) is 1. The lowest BCUT2D eigenvalue weighted by molar-refractivity contribution is -0.158. The van der Waals surface area contributed by atoms with Gasteiger partial charge in [-0.2, -0.15) is 0 Å². The first-order chi connectivity index (χ1) is 39.9. The van der Waals surface area contributed by atoms with Gasteiger partial charge in [0.2, 0.25) is 40.8 Å². The number of cyclic esters (lactones) is 1. The molecule has 0 bridgehead atoms. The Bertz CT molecular complexity index is 3340. The average molecular weight is 1150 g/mol. The fraction of sp³-hybridized carbons (Fsp3) is 0.419. The highest BCUT2D eigenvalue weighted by Crippen LogP contribution is 2.45. The first-order valence-electron chi connectivity index (χ1n) is 28.3. The maximum Gasteiger partial charge on any atom is 0.328 e. The molecule has 4 heterocycles. The Kier molecular flexibility index (Phi) is 20.1. The van der Waals surface area contributed by atoms with E-state index >= 15 is 0 Å². The van der Waals surface area contributed by atoms with Crippen LogP contribution in [-0.4, -0.2) is 159 Å². The van der Waals surface area contributed by atoms with E-state index in [1.807, 2.05) is 99.2 Å². The smallest absolute Gasteiger partial charge is 0.328 e. The number of carbonyl (C=O) groups is 8. The molecule has 4 N–H and O–H groups in total. The molecule has 5 aliphatic rings. The molecular formula is C62H74N9O11S+. The summed E-state index contributed by atoms with van der Waals surface area (Å²) in [4.78, 5) is 118. The van der Waals surface area contributed by atoms with Crippen molar-refractivity contribution in [2.24, 2.45) is 0 Å². The predicted molar refractivity (Wildman–Crippen MR) is 319 cm³/mol. The summed E-state index contributed by atoms with van der Waals surface area (Å²) in [5, 5.41) is 13.3. The van der Waals surface area contributed by atoms with E-state index in [4.69, 9.17) is 26.1 Å². The normalized spacial score (nSPS) is 20.2. The average Bonchev–Trinajstić information content (AvgIpc) is 4.02. The summed E-state index contributed by atoms with van der Waals surface area (Å²) in [6, 6.07) is 19.5. The Morgan fingerprint density at radius 2 is 1.61 bits per heavy atom. The molecule has 3 fully saturated rings. The van der Waals surface area contributed by atoms with E-state index < -0.39 is 84.3 Å². The van der Waals surface area contributed by atoms with Crippen molar-refractivity contribution in [1.29, 1.82) is 0 Å². The molecule has 3 saturated heterocycles. The molecule has 6 amide bonds. The molecule has 20 nitrogen and oxygen atoms in total. The highest BCUT2D eigenvalue weighted by Gasteiger charge is 2.44. The van der Waals surface area contributed by atoms with Gasteiger partial charge in [-0.3, -0.25) is 33.6 Å². The second kappa shape index (κ2) is 27.5. The number of hydrogen-bond donors (Lipinski definition) is 4. The van der Waals surface area contributed by atoms with Gasteiger partial charge in [-0.05, 0) is 100 Å². The van der Waals surface area contributed by atoms with Gasteiger partial charge in [0.1, 0.15) is 74.0 Å². The van der Waals surface area contributed by atoms with E-state index in [1.165, 1.54) is 34.7 Å². The topological polar surface area (TPSA) is 232 Å². The van der Waals surface area contributed by atoms with Gasteiger partial charge in [-0.1, -0.05) is 62.0 Å². The maximum absolute atomic E-state index is 14.8. The van der Waals surface area contributed by atoms with Crippen LogP contribution >= 0.6 is 12.2 Å². The van der Waals surface area contributed by atoms with Crippen LogP contribution in [0.15, 0.2) is 101 Å². The van der Waals surface area contributed by atoms with Crippen LogP contribution in [0.25, 0.3) is 33.4 Å². The maximum atomic E-state index is 14.8. The number of thiocarbonyl (C=S) groups is 1. The van der Waals surface area contributed by atoms with Gasteiger partial charge in [-0.25, -0.2) is 9.37 Å². The van der Waals surface area contributed by atoms with Crippen LogP contribution in [0.3, 0.4) is 0 Å². The minimum absolute atomic E-state index is 0.0735. The number of ether oxygens (including phenoxy) is 2. The number of amides is 6. The van der Waals surface area contributed by atoms with Gasteiger partial charge in [-0.15, -0.1) is 0 Å². The number of rotatable bonds is 17. The Hall–Kier alpha value is -8.46. The van der Waals surface area contributed by atoms with Crippen molar-refractivity contribution in [1.82, 2.24) is 35.2 Å². The molecule has 4 aliphatic heterocycles. The lowest BCUT2D eigenvalue weighted by atomic mass is 9.92. The zero-order chi connectivity index (χ0) is 59.5. The summed E-state index contributed by atoms with van der Waals surface area (Å²) >= 11 is 5.85. The van der Waals surface area contributed by atoms with E-state index in [9.17, 15) is 38.4 Å². The van der Waals surface area contributed by atoms with Gasteiger partial charge >= 0.3 is 5.97 Å². The molecule has 0 unspecified atom stereocenters. The number of nitrogens with one attached hydrogen (secondary N) is 4. The summed E-state index contributed by atoms with van der Waals surface area (Å²) in [5.74, 6) is -3.44. The van der Waals surface area contributed by atoms with Crippen molar-refractivity contribution in [2.45, 2.75) is 114 Å². The molecule has 8 rings (SSSR count). The number of carbonyl (C=O) groups excluding carboxylic acids is 8. The molecule has 0 spiro atoms. The number of nitrogens with zero attached hydrogens (tertiary/aromatic N) is 5. The summed E-state index contributed by atoms with van der Waals surface area (Å²) in [7, 11) is 9.32. The molecule has 21 heteroatoms. The van der Waals surface area contributed by atoms with Crippen LogP contribution in [0.2, 0.25) is 0 Å². The Labute approximate surface area is 488 Å². The third kappa shape index (κ3) is 14.4. The zero-order valence-electron chi connectivity index (χ0n) is 48.1. The van der Waals surface area contributed by atoms with Gasteiger partial charge in [0.25, 0.3) is 6.47 Å². The number of fused-ring (bicyclic) bond motifs is 4. The number of anilines is 2. The molecule has 0 aromatic heterocycles. The minimum atomic E-state index is -1.49. The van der Waals surface area contributed by atoms with E-state index in [2.05, 4.69) is 21.3 Å². The largest absolute Gasteiger partial charge is 0.461 e. The van der Waals surface area contributed by atoms with E-state index in [0.717, 1.165) is 33.1 Å². The van der Waals surface area contributed by atoms with Crippen LogP contribution in [-0.2, 0) is 49.5 Å². The Morgan fingerprint density at radius 3 is 2.33 bits per heavy atom. The fourth-order valence-electron chi connectivity index (χ4n) is 11.0. The summed E-state index contributed by atoms with van der Waals surface area (Å²) in [6.07, 6.45) is 6.45. The van der Waals surface area contributed by atoms with Gasteiger partial charge in [0, 0.05) is 92.3 Å². The fourth-order valence-corrected chi connectivity index (χ4v) is 11.3. The molecular weight excluding hydrogens is 1080 g/mol. The highest BCUT2D eigenvalue weighted by molar-refractivity contribution is 7.80. The summed E-state index contributed by atoms with van der Waals surface area (Å²) in [5.41, 5.74) is 5.18. The molecule has 438 valence electrons. The summed E-state index contributed by atoms with van der Waals surface area (Å²) in [6.45, 7) is 3.50. The molecule has 3 aromatic carbocycles. The Balaban J connectivity index is 1.00. The first kappa shape index (κ1) is 60.6. The number of benzene rings is 4. The van der Waals surface area contributed by atoms with Crippen molar-refractivity contribution in [3.63, 3.8) is 0 Å². The standard InChI is InChI=1S/C62H73N9O11S/c1-8-9-22-54(73)65-46(32-39-17-11-10-12-18-39)57(74)66-47-36-80-62(79)50-21-16-31-71(50)59(76)38(2)63-58(75)48(69(7)61(78)49-20-15-30-70(49)60(47)77)19-13-14-23-55(83)64-40-24-27-43(51(33-40)81-37-72)56-44-28-25-41(67(3)4)34-52(44)82-53-35-42(68(5)6)26-29-45(53)56/h9-12,17-18,22,24-29,33-35,37-38,46-50H,8,13-16,19-21,23,30-32,36H2,1-7H3,(H3,63,65,66,73,74,75)/p+1/b22-9+/t38-,46-,47-,48-,49-,50-/m0/s1. The molecule has 0 saturated carbocycles. The summed E-state index contributed by atoms with van der Waals surface area (Å²) < 4.78 is 19.9. The van der Waals surface area contributed by atoms with Gasteiger partial charge in [0.05, 0.1) is 11.1 Å². The highest BCUT2D eigenvalue weighted by atomic mass is 32.1. The zero-order valence-corrected chi connectivity index (χ0v) is 48.9. The second-order valence-corrected chi connectivity index (χ2v) is 22.2. The minimum Gasteiger partial charge on any atom is -0.461 e. The van der Waals surface area contributed by atoms with Crippen LogP contribution in [0.1, 0.15) is 77.2 Å². The third-order valence-electron chi connectivity index (χ3n) is 15.5. The first-order valence-corrected chi connectivity index (χ1v) is 28.7. The van der Waals surface area contributed by atoms with Crippen LogP contribution in [0.5, 0.6) is 5.75 Å². The lowest BCUT2D eigenvalue weighted by Gasteiger charge is -2.35. The van der Waals surface area contributed by atoms with Crippen molar-refractivity contribution >= 4 is 87.4 Å².